The van der Waals surface area contributed by atoms with Crippen molar-refractivity contribution in [3.8, 4) is 11.4 Å². The molecular formula is C13H18N4S. The Morgan fingerprint density at radius 2 is 2.11 bits per heavy atom. The lowest BCUT2D eigenvalue weighted by Gasteiger charge is -2.10. The van der Waals surface area contributed by atoms with Gasteiger partial charge in [-0.05, 0) is 44.1 Å². The lowest BCUT2D eigenvalue weighted by Crippen LogP contribution is -2.02. The summed E-state index contributed by atoms with van der Waals surface area (Å²) in [4.78, 5) is 4.63. The van der Waals surface area contributed by atoms with Crippen molar-refractivity contribution in [1.29, 1.82) is 0 Å². The summed E-state index contributed by atoms with van der Waals surface area (Å²) in [5, 5.41) is 7.14. The van der Waals surface area contributed by atoms with Crippen molar-refractivity contribution in [2.24, 2.45) is 0 Å². The van der Waals surface area contributed by atoms with Crippen LogP contribution in [0, 0.1) is 11.7 Å². The van der Waals surface area contributed by atoms with Crippen LogP contribution in [0.5, 0.6) is 0 Å². The molecule has 0 spiro atoms. The Hall–Kier alpha value is -1.49. The Balaban J connectivity index is 2.54. The third-order valence-electron chi connectivity index (χ3n) is 3.01. The number of nitrogens with zero attached hydrogens (tertiary/aromatic N) is 3. The van der Waals surface area contributed by atoms with E-state index in [9.17, 15) is 0 Å². The number of rotatable bonds is 3. The minimum Gasteiger partial charge on any atom is -0.300 e. The number of H-pyrrole nitrogens is 1. The Morgan fingerprint density at radius 1 is 1.39 bits per heavy atom. The van der Waals surface area contributed by atoms with E-state index in [0.29, 0.717) is 10.7 Å². The largest absolute Gasteiger partial charge is 0.300 e. The second-order valence-electron chi connectivity index (χ2n) is 4.62. The van der Waals surface area contributed by atoms with Crippen molar-refractivity contribution in [3.63, 3.8) is 0 Å². The molecule has 0 aliphatic heterocycles. The summed E-state index contributed by atoms with van der Waals surface area (Å²) in [5.41, 5.74) is 3.13. The lowest BCUT2D eigenvalue weighted by atomic mass is 10.1. The summed E-state index contributed by atoms with van der Waals surface area (Å²) in [7, 11) is 0. The first-order valence-corrected chi connectivity index (χ1v) is 6.58. The van der Waals surface area contributed by atoms with E-state index >= 15 is 0 Å². The average molecular weight is 262 g/mol. The van der Waals surface area contributed by atoms with Crippen LogP contribution in [-0.4, -0.2) is 19.7 Å². The van der Waals surface area contributed by atoms with E-state index in [-0.39, 0.29) is 0 Å². The molecule has 0 atom stereocenters. The molecule has 2 aromatic rings. The van der Waals surface area contributed by atoms with Gasteiger partial charge < -0.3 is 4.57 Å². The van der Waals surface area contributed by atoms with E-state index in [1.54, 1.807) is 0 Å². The Labute approximate surface area is 112 Å². The van der Waals surface area contributed by atoms with Gasteiger partial charge in [-0.1, -0.05) is 13.8 Å². The quantitative estimate of drug-likeness (QED) is 0.862. The zero-order valence-corrected chi connectivity index (χ0v) is 12.0. The van der Waals surface area contributed by atoms with E-state index < -0.39 is 0 Å². The Morgan fingerprint density at radius 3 is 2.67 bits per heavy atom. The minimum atomic E-state index is 0.435. The molecule has 5 heteroatoms. The molecule has 0 saturated heterocycles. The van der Waals surface area contributed by atoms with Gasteiger partial charge in [0.2, 0.25) is 0 Å². The topological polar surface area (TPSA) is 46.5 Å². The van der Waals surface area contributed by atoms with Gasteiger partial charge in [-0.2, -0.15) is 5.10 Å². The highest BCUT2D eigenvalue weighted by atomic mass is 32.1. The molecule has 0 aliphatic rings. The number of hydrogen-bond donors (Lipinski definition) is 1. The molecular weight excluding hydrogens is 244 g/mol. The molecule has 0 amide bonds. The molecule has 4 nitrogen and oxygen atoms in total. The molecule has 0 aromatic carbocycles. The van der Waals surface area contributed by atoms with E-state index in [1.807, 2.05) is 11.5 Å². The zero-order chi connectivity index (χ0) is 13.3. The highest BCUT2D eigenvalue weighted by Crippen LogP contribution is 2.23. The van der Waals surface area contributed by atoms with Crippen LogP contribution in [0.2, 0.25) is 0 Å². The van der Waals surface area contributed by atoms with E-state index in [4.69, 9.17) is 12.2 Å². The zero-order valence-electron chi connectivity index (χ0n) is 11.2. The Kier molecular flexibility index (Phi) is 3.61. The van der Waals surface area contributed by atoms with Crippen LogP contribution in [-0.2, 0) is 6.54 Å². The van der Waals surface area contributed by atoms with Crippen LogP contribution in [0.15, 0.2) is 12.1 Å². The first-order chi connectivity index (χ1) is 8.54. The molecule has 0 aliphatic carbocycles. The van der Waals surface area contributed by atoms with Crippen LogP contribution in [0.3, 0.4) is 0 Å². The molecule has 2 rings (SSSR count). The number of aromatic nitrogens is 4. The highest BCUT2D eigenvalue weighted by Gasteiger charge is 2.12. The maximum atomic E-state index is 5.21. The van der Waals surface area contributed by atoms with E-state index in [2.05, 4.69) is 48.1 Å². The smallest absolute Gasteiger partial charge is 0.195 e. The second kappa shape index (κ2) is 5.02. The molecule has 2 aromatic heterocycles. The van der Waals surface area contributed by atoms with Gasteiger partial charge in [0.25, 0.3) is 0 Å². The van der Waals surface area contributed by atoms with Gasteiger partial charge in [0.15, 0.2) is 10.6 Å². The van der Waals surface area contributed by atoms with E-state index in [1.165, 1.54) is 0 Å². The minimum absolute atomic E-state index is 0.435. The number of hydrogen-bond acceptors (Lipinski definition) is 3. The van der Waals surface area contributed by atoms with Gasteiger partial charge in [-0.25, -0.2) is 0 Å². The summed E-state index contributed by atoms with van der Waals surface area (Å²) in [6, 6.07) is 4.14. The molecule has 1 N–H and O–H groups in total. The van der Waals surface area contributed by atoms with Gasteiger partial charge in [0.1, 0.15) is 0 Å². The predicted octanol–water partition coefficient (Wildman–Crippen LogP) is 3.45. The predicted molar refractivity (Wildman–Crippen MR) is 75.1 cm³/mol. The normalized spacial score (nSPS) is 11.2. The van der Waals surface area contributed by atoms with Crippen LogP contribution in [0.25, 0.3) is 11.4 Å². The SMILES string of the molecule is CCn1c(-c2ccc(C(C)C)nc2C)n[nH]c1=S. The van der Waals surface area contributed by atoms with Gasteiger partial charge >= 0.3 is 0 Å². The van der Waals surface area contributed by atoms with E-state index in [0.717, 1.165) is 29.3 Å². The monoisotopic (exact) mass is 262 g/mol. The van der Waals surface area contributed by atoms with Gasteiger partial charge in [-0.3, -0.25) is 10.1 Å². The maximum Gasteiger partial charge on any atom is 0.195 e. The summed E-state index contributed by atoms with van der Waals surface area (Å²) in [6.07, 6.45) is 0. The molecule has 0 radical (unpaired) electrons. The van der Waals surface area contributed by atoms with Crippen LogP contribution in [0.4, 0.5) is 0 Å². The molecule has 0 saturated carbocycles. The van der Waals surface area contributed by atoms with Crippen molar-refractivity contribution in [3.05, 3.63) is 28.3 Å². The van der Waals surface area contributed by atoms with Crippen molar-refractivity contribution in [2.75, 3.05) is 0 Å². The maximum absolute atomic E-state index is 5.21. The first kappa shape index (κ1) is 13.0. The van der Waals surface area contributed by atoms with Crippen molar-refractivity contribution < 1.29 is 0 Å². The Bertz CT molecular complexity index is 610. The first-order valence-electron chi connectivity index (χ1n) is 6.17. The van der Waals surface area contributed by atoms with Crippen LogP contribution < -0.4 is 0 Å². The summed E-state index contributed by atoms with van der Waals surface area (Å²) in [5.74, 6) is 1.30. The number of nitrogens with one attached hydrogen (secondary N) is 1. The van der Waals surface area contributed by atoms with Crippen LogP contribution >= 0.6 is 12.2 Å². The van der Waals surface area contributed by atoms with Gasteiger partial charge in [0, 0.05) is 23.5 Å². The third-order valence-corrected chi connectivity index (χ3v) is 3.33. The highest BCUT2D eigenvalue weighted by molar-refractivity contribution is 7.71. The van der Waals surface area contributed by atoms with Crippen LogP contribution in [0.1, 0.15) is 38.1 Å². The fourth-order valence-corrected chi connectivity index (χ4v) is 2.22. The average Bonchev–Trinajstić information content (AvgIpc) is 2.70. The summed E-state index contributed by atoms with van der Waals surface area (Å²) >= 11 is 5.21. The fourth-order valence-electron chi connectivity index (χ4n) is 1.96. The number of aryl methyl sites for hydroxylation is 1. The standard InChI is InChI=1S/C13H18N4S/c1-5-17-12(15-16-13(17)18)10-6-7-11(8(2)3)14-9(10)4/h6-8H,5H2,1-4H3,(H,16,18). The molecule has 0 unspecified atom stereocenters. The van der Waals surface area contributed by atoms with Gasteiger partial charge in [-0.15, -0.1) is 0 Å². The van der Waals surface area contributed by atoms with Crippen molar-refractivity contribution in [1.82, 2.24) is 19.7 Å². The molecule has 0 bridgehead atoms. The van der Waals surface area contributed by atoms with Gasteiger partial charge in [0.05, 0.1) is 0 Å². The lowest BCUT2D eigenvalue weighted by molar-refractivity contribution is 0.753. The molecule has 0 fully saturated rings. The number of pyridine rings is 1. The fraction of sp³-hybridized carbons (Fsp3) is 0.462. The molecule has 2 heterocycles. The summed E-state index contributed by atoms with van der Waals surface area (Å²) < 4.78 is 2.63. The van der Waals surface area contributed by atoms with Crippen molar-refractivity contribution in [2.45, 2.75) is 40.2 Å². The van der Waals surface area contributed by atoms with Crippen molar-refractivity contribution >= 4 is 12.2 Å². The molecule has 18 heavy (non-hydrogen) atoms. The summed E-state index contributed by atoms with van der Waals surface area (Å²) in [6.45, 7) is 9.15. The molecule has 96 valence electrons. The third kappa shape index (κ3) is 2.22. The second-order valence-corrected chi connectivity index (χ2v) is 5.01. The number of aromatic amines is 1.